The van der Waals surface area contributed by atoms with Gasteiger partial charge in [-0.1, -0.05) is 18.7 Å². The number of para-hydroxylation sites is 2. The molecule has 2 aromatic carbocycles. The number of nitrogens with zero attached hydrogens (tertiary/aromatic N) is 4. The van der Waals surface area contributed by atoms with E-state index in [9.17, 15) is 0 Å². The smallest absolute Gasteiger partial charge is 0.229 e. The molecule has 4 aromatic rings. The van der Waals surface area contributed by atoms with Crippen molar-refractivity contribution in [2.24, 2.45) is 0 Å². The lowest BCUT2D eigenvalue weighted by molar-refractivity contribution is 0.417. The third-order valence-electron chi connectivity index (χ3n) is 4.31. The van der Waals surface area contributed by atoms with Crippen molar-refractivity contribution in [2.75, 3.05) is 17.7 Å². The molecule has 2 aromatic heterocycles. The Morgan fingerprint density at radius 2 is 1.96 bits per heavy atom. The third-order valence-corrected chi connectivity index (χ3v) is 4.31. The quantitative estimate of drug-likeness (QED) is 0.521. The minimum absolute atomic E-state index is 0.462. The van der Waals surface area contributed by atoms with E-state index in [1.54, 1.807) is 19.5 Å². The zero-order chi connectivity index (χ0) is 19.5. The maximum atomic E-state index is 5.44. The van der Waals surface area contributed by atoms with Gasteiger partial charge in [0.2, 0.25) is 5.95 Å². The van der Waals surface area contributed by atoms with Gasteiger partial charge in [0.15, 0.2) is 0 Å². The van der Waals surface area contributed by atoms with Crippen LogP contribution in [0.4, 0.5) is 17.3 Å². The van der Waals surface area contributed by atoms with Gasteiger partial charge in [0, 0.05) is 11.9 Å². The number of aromatic nitrogens is 4. The number of nitrogens with one attached hydrogen (secondary N) is 2. The van der Waals surface area contributed by atoms with Crippen molar-refractivity contribution in [3.63, 3.8) is 0 Å². The van der Waals surface area contributed by atoms with Crippen molar-refractivity contribution in [3.05, 3.63) is 73.3 Å². The average molecular weight is 372 g/mol. The highest BCUT2D eigenvalue weighted by atomic mass is 16.5. The zero-order valence-electron chi connectivity index (χ0n) is 15.7. The van der Waals surface area contributed by atoms with Crippen LogP contribution < -0.4 is 15.4 Å². The number of fused-ring (bicyclic) bond motifs is 1. The third kappa shape index (κ3) is 3.25. The Kier molecular flexibility index (Phi) is 4.63. The molecule has 140 valence electrons. The summed E-state index contributed by atoms with van der Waals surface area (Å²) in [5, 5.41) is 6.30. The molecule has 0 bridgehead atoms. The second-order valence-corrected chi connectivity index (χ2v) is 6.11. The molecule has 0 aliphatic carbocycles. The fourth-order valence-corrected chi connectivity index (χ4v) is 3.10. The number of rotatable bonds is 6. The molecule has 0 unspecified atom stereocenters. The van der Waals surface area contributed by atoms with Crippen LogP contribution >= 0.6 is 0 Å². The topological polar surface area (TPSA) is 76.9 Å². The largest absolute Gasteiger partial charge is 0.495 e. The van der Waals surface area contributed by atoms with E-state index in [2.05, 4.69) is 32.2 Å². The predicted molar refractivity (Wildman–Crippen MR) is 111 cm³/mol. The molecule has 0 amide bonds. The number of ether oxygens (including phenoxy) is 1. The minimum atomic E-state index is 0.462. The first-order chi connectivity index (χ1) is 13.7. The Bertz CT molecular complexity index is 1150. The monoisotopic (exact) mass is 372 g/mol. The highest BCUT2D eigenvalue weighted by molar-refractivity contribution is 5.78. The first-order valence-corrected chi connectivity index (χ1v) is 8.79. The zero-order valence-corrected chi connectivity index (χ0v) is 15.7. The first kappa shape index (κ1) is 17.5. The Balaban J connectivity index is 1.73. The molecular weight excluding hydrogens is 352 g/mol. The van der Waals surface area contributed by atoms with Crippen LogP contribution in [0.1, 0.15) is 5.82 Å². The number of anilines is 3. The lowest BCUT2D eigenvalue weighted by atomic mass is 10.2. The van der Waals surface area contributed by atoms with Crippen molar-refractivity contribution in [1.29, 1.82) is 0 Å². The van der Waals surface area contributed by atoms with E-state index in [1.807, 2.05) is 60.0 Å². The summed E-state index contributed by atoms with van der Waals surface area (Å²) in [6.45, 7) is 5.65. The molecule has 0 aliphatic heterocycles. The van der Waals surface area contributed by atoms with Gasteiger partial charge in [-0.25, -0.2) is 9.97 Å². The van der Waals surface area contributed by atoms with Gasteiger partial charge in [0.25, 0.3) is 0 Å². The Morgan fingerprint density at radius 3 is 2.79 bits per heavy atom. The molecule has 0 spiro atoms. The maximum Gasteiger partial charge on any atom is 0.229 e. The summed E-state index contributed by atoms with van der Waals surface area (Å²) in [4.78, 5) is 13.6. The summed E-state index contributed by atoms with van der Waals surface area (Å²) in [5.74, 6) is 2.75. The Hall–Kier alpha value is -3.87. The van der Waals surface area contributed by atoms with Crippen LogP contribution in [-0.4, -0.2) is 26.6 Å². The number of hydrogen-bond acceptors (Lipinski definition) is 6. The molecule has 0 atom stereocenters. The van der Waals surface area contributed by atoms with E-state index in [0.717, 1.165) is 34.1 Å². The molecule has 0 radical (unpaired) electrons. The lowest BCUT2D eigenvalue weighted by Gasteiger charge is -2.13. The minimum Gasteiger partial charge on any atom is -0.495 e. The second-order valence-electron chi connectivity index (χ2n) is 6.11. The van der Waals surface area contributed by atoms with Gasteiger partial charge in [-0.3, -0.25) is 4.57 Å². The van der Waals surface area contributed by atoms with Gasteiger partial charge >= 0.3 is 0 Å². The number of benzene rings is 2. The fraction of sp³-hybridized carbons (Fsp3) is 0.0952. The van der Waals surface area contributed by atoms with E-state index in [0.29, 0.717) is 11.7 Å². The molecule has 7 heteroatoms. The van der Waals surface area contributed by atoms with Crippen LogP contribution in [0.3, 0.4) is 0 Å². The maximum absolute atomic E-state index is 5.44. The summed E-state index contributed by atoms with van der Waals surface area (Å²) < 4.78 is 7.45. The van der Waals surface area contributed by atoms with Crippen LogP contribution in [0, 0.1) is 6.92 Å². The van der Waals surface area contributed by atoms with Crippen LogP contribution in [0.5, 0.6) is 5.75 Å². The average Bonchev–Trinajstić information content (AvgIpc) is 3.04. The fourth-order valence-electron chi connectivity index (χ4n) is 3.10. The van der Waals surface area contributed by atoms with Gasteiger partial charge in [-0.2, -0.15) is 4.98 Å². The highest BCUT2D eigenvalue weighted by Gasteiger charge is 2.12. The standard InChI is InChI=1S/C21H20N6O/c1-4-22-15-9-10-19(28-3)17(13-15)25-21-23-12-11-20(26-21)27-14(2)24-16-7-5-6-8-18(16)27/h4-13,22H,1H2,2-3H3,(H,23,25,26). The van der Waals surface area contributed by atoms with E-state index in [4.69, 9.17) is 4.74 Å². The Labute approximate surface area is 162 Å². The van der Waals surface area contributed by atoms with Gasteiger partial charge in [-0.15, -0.1) is 0 Å². The van der Waals surface area contributed by atoms with Crippen molar-refractivity contribution in [3.8, 4) is 11.6 Å². The predicted octanol–water partition coefficient (Wildman–Crippen LogP) is 4.43. The molecule has 28 heavy (non-hydrogen) atoms. The van der Waals surface area contributed by atoms with Gasteiger partial charge in [0.05, 0.1) is 23.8 Å². The molecule has 2 N–H and O–H groups in total. The molecule has 0 saturated carbocycles. The Morgan fingerprint density at radius 1 is 1.11 bits per heavy atom. The van der Waals surface area contributed by atoms with Crippen LogP contribution in [-0.2, 0) is 0 Å². The summed E-state index contributed by atoms with van der Waals surface area (Å²) >= 11 is 0. The number of methoxy groups -OCH3 is 1. The van der Waals surface area contributed by atoms with Gasteiger partial charge in [-0.05, 0) is 49.5 Å². The van der Waals surface area contributed by atoms with Gasteiger partial charge < -0.3 is 15.4 Å². The number of hydrogen-bond donors (Lipinski definition) is 2. The number of imidazole rings is 1. The van der Waals surface area contributed by atoms with Crippen molar-refractivity contribution in [2.45, 2.75) is 6.92 Å². The second kappa shape index (κ2) is 7.40. The normalized spacial score (nSPS) is 10.6. The lowest BCUT2D eigenvalue weighted by Crippen LogP contribution is -2.05. The first-order valence-electron chi connectivity index (χ1n) is 8.79. The molecule has 2 heterocycles. The van der Waals surface area contributed by atoms with E-state index < -0.39 is 0 Å². The van der Waals surface area contributed by atoms with Crippen molar-refractivity contribution in [1.82, 2.24) is 19.5 Å². The van der Waals surface area contributed by atoms with Crippen LogP contribution in [0.15, 0.2) is 67.5 Å². The molecule has 4 rings (SSSR count). The van der Waals surface area contributed by atoms with Crippen LogP contribution in [0.2, 0.25) is 0 Å². The molecule has 0 fully saturated rings. The van der Waals surface area contributed by atoms with E-state index >= 15 is 0 Å². The molecular formula is C21H20N6O. The van der Waals surface area contributed by atoms with E-state index in [-0.39, 0.29) is 0 Å². The summed E-state index contributed by atoms with van der Waals surface area (Å²) in [7, 11) is 1.62. The van der Waals surface area contributed by atoms with Gasteiger partial charge in [0.1, 0.15) is 17.4 Å². The van der Waals surface area contributed by atoms with Crippen LogP contribution in [0.25, 0.3) is 16.9 Å². The SMILES string of the molecule is C=CNc1ccc(OC)c(Nc2nccc(-n3c(C)nc4ccccc43)n2)c1. The molecule has 0 aliphatic rings. The summed E-state index contributed by atoms with van der Waals surface area (Å²) in [6, 6.07) is 15.5. The summed E-state index contributed by atoms with van der Waals surface area (Å²) in [5.41, 5.74) is 3.56. The summed E-state index contributed by atoms with van der Waals surface area (Å²) in [6.07, 6.45) is 3.34. The number of aryl methyl sites for hydroxylation is 1. The van der Waals surface area contributed by atoms with Crippen molar-refractivity contribution >= 4 is 28.4 Å². The van der Waals surface area contributed by atoms with Crippen molar-refractivity contribution < 1.29 is 4.74 Å². The van der Waals surface area contributed by atoms with E-state index in [1.165, 1.54) is 0 Å². The highest BCUT2D eigenvalue weighted by Crippen LogP contribution is 2.30. The molecule has 7 nitrogen and oxygen atoms in total. The molecule has 0 saturated heterocycles.